The van der Waals surface area contributed by atoms with E-state index in [1.165, 1.54) is 10.5 Å². The van der Waals surface area contributed by atoms with Crippen molar-refractivity contribution in [1.29, 1.82) is 0 Å². The van der Waals surface area contributed by atoms with Crippen molar-refractivity contribution in [3.05, 3.63) is 28.8 Å². The van der Waals surface area contributed by atoms with Crippen LogP contribution in [0.15, 0.2) is 23.1 Å². The number of hydrogen-bond acceptors (Lipinski definition) is 3. The first-order valence-electron chi connectivity index (χ1n) is 6.48. The summed E-state index contributed by atoms with van der Waals surface area (Å²) < 4.78 is 5.62. The Morgan fingerprint density at radius 2 is 2.33 bits per heavy atom. The molecule has 1 heterocycles. The third kappa shape index (κ3) is 3.64. The fourth-order valence-electron chi connectivity index (χ4n) is 2.07. The van der Waals surface area contributed by atoms with Crippen molar-refractivity contribution >= 4 is 23.4 Å². The van der Waals surface area contributed by atoms with Crippen LogP contribution in [0.1, 0.15) is 25.8 Å². The average Bonchev–Trinajstić information content (AvgIpc) is 2.74. The Hall–Kier alpha value is -0.220. The first-order valence-corrected chi connectivity index (χ1v) is 7.74. The molecule has 1 fully saturated rings. The van der Waals surface area contributed by atoms with Gasteiger partial charge in [-0.2, -0.15) is 0 Å². The summed E-state index contributed by atoms with van der Waals surface area (Å²) >= 11 is 8.01. The summed E-state index contributed by atoms with van der Waals surface area (Å²) in [5, 5.41) is 4.73. The smallest absolute Gasteiger partial charge is 0.0669 e. The number of benzene rings is 1. The van der Waals surface area contributed by atoms with E-state index in [-0.39, 0.29) is 0 Å². The van der Waals surface area contributed by atoms with Crippen LogP contribution in [0.2, 0.25) is 5.02 Å². The van der Waals surface area contributed by atoms with E-state index in [1.54, 1.807) is 0 Å². The van der Waals surface area contributed by atoms with E-state index in [4.69, 9.17) is 16.3 Å². The van der Waals surface area contributed by atoms with Gasteiger partial charge in [-0.1, -0.05) is 24.6 Å². The van der Waals surface area contributed by atoms with Crippen LogP contribution < -0.4 is 5.32 Å². The Morgan fingerprint density at radius 1 is 1.50 bits per heavy atom. The minimum absolute atomic E-state index is 0.334. The maximum Gasteiger partial charge on any atom is 0.0669 e. The van der Waals surface area contributed by atoms with Crippen molar-refractivity contribution in [2.75, 3.05) is 13.2 Å². The molecule has 0 saturated carbocycles. The fraction of sp³-hybridized carbons (Fsp3) is 0.571. The van der Waals surface area contributed by atoms with E-state index in [0.717, 1.165) is 31.1 Å². The summed E-state index contributed by atoms with van der Waals surface area (Å²) in [6.07, 6.45) is 1.46. The molecule has 2 rings (SSSR count). The van der Waals surface area contributed by atoms with Crippen molar-refractivity contribution in [1.82, 2.24) is 5.32 Å². The Morgan fingerprint density at radius 3 is 3.00 bits per heavy atom. The molecular weight excluding hydrogens is 266 g/mol. The van der Waals surface area contributed by atoms with Crippen LogP contribution in [-0.4, -0.2) is 24.5 Å². The monoisotopic (exact) mass is 285 g/mol. The van der Waals surface area contributed by atoms with Crippen LogP contribution in [0.25, 0.3) is 0 Å². The van der Waals surface area contributed by atoms with Gasteiger partial charge in [-0.05, 0) is 37.6 Å². The maximum absolute atomic E-state index is 6.11. The van der Waals surface area contributed by atoms with Crippen LogP contribution in [-0.2, 0) is 11.3 Å². The third-order valence-electron chi connectivity index (χ3n) is 3.18. The van der Waals surface area contributed by atoms with E-state index in [2.05, 4.69) is 31.3 Å². The molecule has 1 saturated heterocycles. The number of halogens is 1. The molecule has 18 heavy (non-hydrogen) atoms. The zero-order chi connectivity index (χ0) is 13.0. The number of nitrogens with one attached hydrogen (secondary N) is 1. The van der Waals surface area contributed by atoms with Gasteiger partial charge in [0.15, 0.2) is 0 Å². The van der Waals surface area contributed by atoms with E-state index in [0.29, 0.717) is 11.4 Å². The fourth-order valence-corrected chi connectivity index (χ4v) is 3.61. The van der Waals surface area contributed by atoms with E-state index < -0.39 is 0 Å². The highest BCUT2D eigenvalue weighted by molar-refractivity contribution is 8.00. The number of hydrogen-bond donors (Lipinski definition) is 1. The van der Waals surface area contributed by atoms with Crippen molar-refractivity contribution in [2.45, 2.75) is 43.1 Å². The standard InChI is InChI=1S/C14H20ClNOS/c1-3-16-9-11-4-5-12(15)8-14(11)18-13-6-7-17-10(13)2/h4-5,8,10,13,16H,3,6-7,9H2,1-2H3. The minimum atomic E-state index is 0.334. The van der Waals surface area contributed by atoms with Gasteiger partial charge in [-0.25, -0.2) is 0 Å². The number of ether oxygens (including phenoxy) is 1. The van der Waals surface area contributed by atoms with Gasteiger partial charge in [0, 0.05) is 28.3 Å². The third-order valence-corrected chi connectivity index (χ3v) is 4.97. The molecule has 0 aromatic heterocycles. The molecule has 1 aliphatic rings. The lowest BCUT2D eigenvalue weighted by Gasteiger charge is -2.16. The van der Waals surface area contributed by atoms with Crippen molar-refractivity contribution in [3.8, 4) is 0 Å². The average molecular weight is 286 g/mol. The van der Waals surface area contributed by atoms with Crippen LogP contribution in [0.4, 0.5) is 0 Å². The predicted octanol–water partition coefficient (Wildman–Crippen LogP) is 3.72. The molecule has 0 aliphatic carbocycles. The summed E-state index contributed by atoms with van der Waals surface area (Å²) in [5.41, 5.74) is 1.32. The first kappa shape index (κ1) is 14.2. The maximum atomic E-state index is 6.11. The molecule has 0 spiro atoms. The Bertz CT molecular complexity index is 399. The molecule has 0 bridgehead atoms. The molecule has 0 amide bonds. The Balaban J connectivity index is 2.11. The number of rotatable bonds is 5. The van der Waals surface area contributed by atoms with Crippen molar-refractivity contribution in [3.63, 3.8) is 0 Å². The van der Waals surface area contributed by atoms with Crippen LogP contribution >= 0.6 is 23.4 Å². The molecule has 2 unspecified atom stereocenters. The highest BCUT2D eigenvalue weighted by Gasteiger charge is 2.25. The molecule has 2 nitrogen and oxygen atoms in total. The molecule has 1 aromatic carbocycles. The quantitative estimate of drug-likeness (QED) is 0.891. The van der Waals surface area contributed by atoms with Crippen LogP contribution in [0.5, 0.6) is 0 Å². The van der Waals surface area contributed by atoms with Gasteiger partial charge in [-0.15, -0.1) is 11.8 Å². The second-order valence-corrected chi connectivity index (χ2v) is 6.27. The normalized spacial score (nSPS) is 23.5. The predicted molar refractivity (Wildman–Crippen MR) is 78.5 cm³/mol. The zero-order valence-electron chi connectivity index (χ0n) is 10.9. The van der Waals surface area contributed by atoms with Crippen LogP contribution in [0, 0.1) is 0 Å². The van der Waals surface area contributed by atoms with Gasteiger partial charge in [0.25, 0.3) is 0 Å². The number of thioether (sulfide) groups is 1. The Labute approximate surface area is 118 Å². The van der Waals surface area contributed by atoms with Gasteiger partial charge in [-0.3, -0.25) is 0 Å². The summed E-state index contributed by atoms with van der Waals surface area (Å²) in [6.45, 7) is 7.03. The molecule has 1 aliphatic heterocycles. The van der Waals surface area contributed by atoms with Crippen LogP contribution in [0.3, 0.4) is 0 Å². The van der Waals surface area contributed by atoms with Gasteiger partial charge < -0.3 is 10.1 Å². The van der Waals surface area contributed by atoms with E-state index >= 15 is 0 Å². The topological polar surface area (TPSA) is 21.3 Å². The SMILES string of the molecule is CCNCc1ccc(Cl)cc1SC1CCOC1C. The van der Waals surface area contributed by atoms with E-state index in [9.17, 15) is 0 Å². The van der Waals surface area contributed by atoms with Crippen molar-refractivity contribution < 1.29 is 4.74 Å². The first-order chi connectivity index (χ1) is 8.70. The summed E-state index contributed by atoms with van der Waals surface area (Å²) in [6, 6.07) is 6.16. The van der Waals surface area contributed by atoms with E-state index in [1.807, 2.05) is 17.8 Å². The molecule has 2 atom stereocenters. The lowest BCUT2D eigenvalue weighted by atomic mass is 10.2. The highest BCUT2D eigenvalue weighted by atomic mass is 35.5. The minimum Gasteiger partial charge on any atom is -0.377 e. The lowest BCUT2D eigenvalue weighted by Crippen LogP contribution is -2.15. The molecule has 4 heteroatoms. The molecular formula is C14H20ClNOS. The highest BCUT2D eigenvalue weighted by Crippen LogP contribution is 2.35. The molecule has 100 valence electrons. The van der Waals surface area contributed by atoms with Gasteiger partial charge >= 0.3 is 0 Å². The molecule has 0 radical (unpaired) electrons. The van der Waals surface area contributed by atoms with Gasteiger partial charge in [0.2, 0.25) is 0 Å². The summed E-state index contributed by atoms with van der Waals surface area (Å²) in [4.78, 5) is 1.28. The Kier molecular flexibility index (Phi) is 5.37. The lowest BCUT2D eigenvalue weighted by molar-refractivity contribution is 0.127. The molecule has 1 N–H and O–H groups in total. The van der Waals surface area contributed by atoms with Gasteiger partial charge in [0.1, 0.15) is 0 Å². The van der Waals surface area contributed by atoms with Gasteiger partial charge in [0.05, 0.1) is 6.10 Å². The second kappa shape index (κ2) is 6.80. The largest absolute Gasteiger partial charge is 0.377 e. The molecule has 1 aromatic rings. The second-order valence-electron chi connectivity index (χ2n) is 4.55. The zero-order valence-corrected chi connectivity index (χ0v) is 12.5. The van der Waals surface area contributed by atoms with Crippen molar-refractivity contribution in [2.24, 2.45) is 0 Å². The summed E-state index contributed by atoms with van der Waals surface area (Å²) in [5.74, 6) is 0. The summed E-state index contributed by atoms with van der Waals surface area (Å²) in [7, 11) is 0.